The normalized spacial score (nSPS) is 21.3. The van der Waals surface area contributed by atoms with E-state index < -0.39 is 6.17 Å². The summed E-state index contributed by atoms with van der Waals surface area (Å²) in [5.41, 5.74) is 7.34. The monoisotopic (exact) mass is 193 g/mol. The first-order valence-electron chi connectivity index (χ1n) is 5.16. The number of hydrogen-bond donors (Lipinski definition) is 1. The molecule has 0 aromatic heterocycles. The molecule has 0 saturated heterocycles. The second-order valence-corrected chi connectivity index (χ2v) is 4.21. The van der Waals surface area contributed by atoms with E-state index in [1.54, 1.807) is 6.92 Å². The lowest BCUT2D eigenvalue weighted by Gasteiger charge is -2.44. The van der Waals surface area contributed by atoms with Gasteiger partial charge in [0.2, 0.25) is 0 Å². The van der Waals surface area contributed by atoms with Crippen LogP contribution in [0.15, 0.2) is 24.3 Å². The van der Waals surface area contributed by atoms with E-state index in [-0.39, 0.29) is 5.41 Å². The fraction of sp³-hybridized carbons (Fsp3) is 0.500. The van der Waals surface area contributed by atoms with Gasteiger partial charge < -0.3 is 5.73 Å². The molecule has 2 rings (SSSR count). The first-order chi connectivity index (χ1) is 6.67. The molecule has 76 valence electrons. The molecule has 0 heterocycles. The fourth-order valence-corrected chi connectivity index (χ4v) is 2.39. The van der Waals surface area contributed by atoms with Gasteiger partial charge in [0.15, 0.2) is 0 Å². The van der Waals surface area contributed by atoms with Crippen molar-refractivity contribution in [2.45, 2.75) is 37.8 Å². The molecule has 1 aliphatic carbocycles. The van der Waals surface area contributed by atoms with Crippen molar-refractivity contribution in [2.24, 2.45) is 0 Å². The second kappa shape index (κ2) is 3.26. The molecule has 1 unspecified atom stereocenters. The Morgan fingerprint density at radius 3 is 2.43 bits per heavy atom. The van der Waals surface area contributed by atoms with E-state index in [0.717, 1.165) is 30.5 Å². The van der Waals surface area contributed by atoms with Gasteiger partial charge in [0.05, 0.1) is 0 Å². The van der Waals surface area contributed by atoms with Crippen molar-refractivity contribution >= 4 is 5.69 Å². The van der Waals surface area contributed by atoms with Crippen LogP contribution >= 0.6 is 0 Å². The number of rotatable bonds is 2. The van der Waals surface area contributed by atoms with Gasteiger partial charge in [-0.25, -0.2) is 4.39 Å². The number of para-hydroxylation sites is 1. The summed E-state index contributed by atoms with van der Waals surface area (Å²) < 4.78 is 13.6. The number of halogens is 1. The maximum absolute atomic E-state index is 13.6. The third-order valence-corrected chi connectivity index (χ3v) is 3.50. The van der Waals surface area contributed by atoms with Gasteiger partial charge in [-0.1, -0.05) is 24.6 Å². The average Bonchev–Trinajstić information content (AvgIpc) is 2.05. The number of nitrogen functional groups attached to an aromatic ring is 1. The highest BCUT2D eigenvalue weighted by molar-refractivity contribution is 5.52. The van der Waals surface area contributed by atoms with Gasteiger partial charge in [-0.3, -0.25) is 0 Å². The summed E-state index contributed by atoms with van der Waals surface area (Å²) >= 11 is 0. The molecule has 1 nitrogen and oxygen atoms in total. The summed E-state index contributed by atoms with van der Waals surface area (Å²) in [6.07, 6.45) is 2.17. The summed E-state index contributed by atoms with van der Waals surface area (Å²) in [5, 5.41) is 0. The number of benzene rings is 1. The summed E-state index contributed by atoms with van der Waals surface area (Å²) in [5.74, 6) is 0. The molecule has 0 aliphatic heterocycles. The minimum Gasteiger partial charge on any atom is -0.398 e. The molecule has 14 heavy (non-hydrogen) atoms. The molecule has 1 saturated carbocycles. The molecule has 0 spiro atoms. The van der Waals surface area contributed by atoms with Gasteiger partial charge in [0, 0.05) is 11.1 Å². The summed E-state index contributed by atoms with van der Waals surface area (Å²) in [6, 6.07) is 7.66. The van der Waals surface area contributed by atoms with Crippen molar-refractivity contribution in [3.05, 3.63) is 29.8 Å². The third kappa shape index (κ3) is 1.21. The largest absolute Gasteiger partial charge is 0.398 e. The zero-order chi connectivity index (χ0) is 10.2. The molecule has 0 amide bonds. The average molecular weight is 193 g/mol. The standard InChI is InChI=1S/C12H16FN/c1-9(13)12(7-4-8-12)10-5-2-3-6-11(10)14/h2-3,5-6,9H,4,7-8,14H2,1H3. The maximum atomic E-state index is 13.6. The molecule has 0 bridgehead atoms. The lowest BCUT2D eigenvalue weighted by atomic mass is 9.61. The highest BCUT2D eigenvalue weighted by atomic mass is 19.1. The van der Waals surface area contributed by atoms with Gasteiger partial charge in [0.25, 0.3) is 0 Å². The van der Waals surface area contributed by atoms with Crippen LogP contribution < -0.4 is 5.73 Å². The van der Waals surface area contributed by atoms with Crippen LogP contribution in [0.25, 0.3) is 0 Å². The van der Waals surface area contributed by atoms with E-state index in [1.807, 2.05) is 24.3 Å². The molecular weight excluding hydrogens is 177 g/mol. The number of alkyl halides is 1. The molecule has 1 fully saturated rings. The Balaban J connectivity index is 2.42. The molecule has 2 heteroatoms. The number of hydrogen-bond acceptors (Lipinski definition) is 1. The summed E-state index contributed by atoms with van der Waals surface area (Å²) in [4.78, 5) is 0. The Bertz CT molecular complexity index is 329. The van der Waals surface area contributed by atoms with Crippen LogP contribution in [0.3, 0.4) is 0 Å². The van der Waals surface area contributed by atoms with Crippen molar-refractivity contribution in [1.82, 2.24) is 0 Å². The van der Waals surface area contributed by atoms with Gasteiger partial charge >= 0.3 is 0 Å². The molecule has 1 aliphatic rings. The second-order valence-electron chi connectivity index (χ2n) is 4.21. The van der Waals surface area contributed by atoms with E-state index in [0.29, 0.717) is 0 Å². The predicted molar refractivity (Wildman–Crippen MR) is 57.0 cm³/mol. The Kier molecular flexibility index (Phi) is 2.22. The van der Waals surface area contributed by atoms with Crippen LogP contribution in [0.1, 0.15) is 31.7 Å². The number of nitrogens with two attached hydrogens (primary N) is 1. The highest BCUT2D eigenvalue weighted by Crippen LogP contribution is 2.49. The van der Waals surface area contributed by atoms with Crippen LogP contribution in [0.4, 0.5) is 10.1 Å². The summed E-state index contributed by atoms with van der Waals surface area (Å²) in [7, 11) is 0. The maximum Gasteiger partial charge on any atom is 0.107 e. The zero-order valence-electron chi connectivity index (χ0n) is 8.46. The van der Waals surface area contributed by atoms with Crippen LogP contribution in [-0.4, -0.2) is 6.17 Å². The van der Waals surface area contributed by atoms with E-state index in [9.17, 15) is 4.39 Å². The lowest BCUT2D eigenvalue weighted by molar-refractivity contribution is 0.115. The van der Waals surface area contributed by atoms with Gasteiger partial charge in [-0.05, 0) is 31.4 Å². The van der Waals surface area contributed by atoms with Crippen LogP contribution in [0, 0.1) is 0 Å². The van der Waals surface area contributed by atoms with E-state index in [1.165, 1.54) is 0 Å². The highest BCUT2D eigenvalue weighted by Gasteiger charge is 2.44. The number of anilines is 1. The molecule has 1 aromatic rings. The van der Waals surface area contributed by atoms with E-state index in [4.69, 9.17) is 5.73 Å². The first-order valence-corrected chi connectivity index (χ1v) is 5.16. The quantitative estimate of drug-likeness (QED) is 0.718. The minimum absolute atomic E-state index is 0.286. The Hall–Kier alpha value is -1.05. The minimum atomic E-state index is -0.805. The molecule has 1 atom stereocenters. The third-order valence-electron chi connectivity index (χ3n) is 3.50. The van der Waals surface area contributed by atoms with E-state index >= 15 is 0 Å². The van der Waals surface area contributed by atoms with Crippen molar-refractivity contribution in [3.8, 4) is 0 Å². The SMILES string of the molecule is CC(F)C1(c2ccccc2N)CCC1. The van der Waals surface area contributed by atoms with Crippen LogP contribution in [0.5, 0.6) is 0 Å². The van der Waals surface area contributed by atoms with E-state index in [2.05, 4.69) is 0 Å². The lowest BCUT2D eigenvalue weighted by Crippen LogP contribution is -2.42. The van der Waals surface area contributed by atoms with Crippen molar-refractivity contribution in [3.63, 3.8) is 0 Å². The van der Waals surface area contributed by atoms with Gasteiger partial charge in [-0.2, -0.15) is 0 Å². The zero-order valence-corrected chi connectivity index (χ0v) is 8.46. The Morgan fingerprint density at radius 1 is 1.36 bits per heavy atom. The topological polar surface area (TPSA) is 26.0 Å². The van der Waals surface area contributed by atoms with Crippen molar-refractivity contribution < 1.29 is 4.39 Å². The van der Waals surface area contributed by atoms with Crippen LogP contribution in [-0.2, 0) is 5.41 Å². The first kappa shape index (κ1) is 9.50. The molecular formula is C12H16FN. The van der Waals surface area contributed by atoms with Crippen molar-refractivity contribution in [1.29, 1.82) is 0 Å². The van der Waals surface area contributed by atoms with Gasteiger partial charge in [0.1, 0.15) is 6.17 Å². The van der Waals surface area contributed by atoms with Gasteiger partial charge in [-0.15, -0.1) is 0 Å². The Labute approximate surface area is 84.1 Å². The molecule has 0 radical (unpaired) electrons. The van der Waals surface area contributed by atoms with Crippen LogP contribution in [0.2, 0.25) is 0 Å². The van der Waals surface area contributed by atoms with Crippen molar-refractivity contribution in [2.75, 3.05) is 5.73 Å². The molecule has 2 N–H and O–H groups in total. The molecule has 1 aromatic carbocycles. The smallest absolute Gasteiger partial charge is 0.107 e. The Morgan fingerprint density at radius 2 is 2.00 bits per heavy atom. The summed E-state index contributed by atoms with van der Waals surface area (Å²) in [6.45, 7) is 1.64. The predicted octanol–water partition coefficient (Wildman–Crippen LogP) is 3.05. The fourth-order valence-electron chi connectivity index (χ4n) is 2.39.